The van der Waals surface area contributed by atoms with Crippen molar-refractivity contribution in [2.75, 3.05) is 13.2 Å². The quantitative estimate of drug-likeness (QED) is 0.890. The maximum absolute atomic E-state index is 12.2. The third-order valence-electron chi connectivity index (χ3n) is 3.04. The van der Waals surface area contributed by atoms with E-state index in [1.807, 2.05) is 6.92 Å². The van der Waals surface area contributed by atoms with Gasteiger partial charge in [-0.3, -0.25) is 4.79 Å². The first-order chi connectivity index (χ1) is 8.89. The number of benzene rings is 1. The number of ether oxygens (including phenoxy) is 1. The van der Waals surface area contributed by atoms with Crippen LogP contribution in [0, 0.1) is 0 Å². The highest BCUT2D eigenvalue weighted by Crippen LogP contribution is 2.20. The van der Waals surface area contributed by atoms with Crippen LogP contribution >= 0.6 is 15.9 Å². The van der Waals surface area contributed by atoms with Crippen LogP contribution in [0.5, 0.6) is 0 Å². The second kappa shape index (κ2) is 5.30. The van der Waals surface area contributed by atoms with Crippen molar-refractivity contribution in [3.63, 3.8) is 0 Å². The molecule has 1 unspecified atom stereocenters. The van der Waals surface area contributed by atoms with E-state index in [0.29, 0.717) is 23.2 Å². The van der Waals surface area contributed by atoms with Crippen LogP contribution in [-0.4, -0.2) is 35.7 Å². The number of hydrogen-bond acceptors (Lipinski definition) is 3. The van der Waals surface area contributed by atoms with Gasteiger partial charge >= 0.3 is 5.97 Å². The number of halogens is 1. The van der Waals surface area contributed by atoms with Crippen LogP contribution in [0.3, 0.4) is 0 Å². The number of carbonyl (C=O) groups is 2. The predicted octanol–water partition coefficient (Wildman–Crippen LogP) is 2.06. The minimum Gasteiger partial charge on any atom is -0.478 e. The standard InChI is InChI=1S/C13H14BrNO4/c1-13(2-3-19-7-13)15-11(16)8-4-9(12(17)18)6-10(14)5-8/h4-6H,2-3,7H2,1H3,(H,15,16)(H,17,18). The van der Waals surface area contributed by atoms with E-state index < -0.39 is 5.97 Å². The molecule has 1 fully saturated rings. The lowest BCUT2D eigenvalue weighted by molar-refractivity contribution is 0.0697. The Balaban J connectivity index is 2.21. The molecule has 1 aliphatic heterocycles. The van der Waals surface area contributed by atoms with Crippen LogP contribution in [0.1, 0.15) is 34.1 Å². The van der Waals surface area contributed by atoms with Crippen LogP contribution < -0.4 is 5.32 Å². The van der Waals surface area contributed by atoms with Crippen molar-refractivity contribution < 1.29 is 19.4 Å². The van der Waals surface area contributed by atoms with Gasteiger partial charge in [-0.15, -0.1) is 0 Å². The van der Waals surface area contributed by atoms with Gasteiger partial charge in [-0.2, -0.15) is 0 Å². The third kappa shape index (κ3) is 3.33. The molecule has 2 rings (SSSR count). The summed E-state index contributed by atoms with van der Waals surface area (Å²) < 4.78 is 5.82. The highest BCUT2D eigenvalue weighted by atomic mass is 79.9. The van der Waals surface area contributed by atoms with Gasteiger partial charge in [0.25, 0.3) is 5.91 Å². The fourth-order valence-corrected chi connectivity index (χ4v) is 2.45. The van der Waals surface area contributed by atoms with E-state index in [4.69, 9.17) is 9.84 Å². The van der Waals surface area contributed by atoms with E-state index in [-0.39, 0.29) is 17.0 Å². The number of nitrogens with one attached hydrogen (secondary N) is 1. The Morgan fingerprint density at radius 2 is 2.05 bits per heavy atom. The summed E-state index contributed by atoms with van der Waals surface area (Å²) in [4.78, 5) is 23.1. The summed E-state index contributed by atoms with van der Waals surface area (Å²) in [6.07, 6.45) is 0.749. The van der Waals surface area contributed by atoms with E-state index in [9.17, 15) is 9.59 Å². The second-order valence-electron chi connectivity index (χ2n) is 4.85. The van der Waals surface area contributed by atoms with Gasteiger partial charge < -0.3 is 15.2 Å². The van der Waals surface area contributed by atoms with Gasteiger partial charge in [0.05, 0.1) is 17.7 Å². The summed E-state index contributed by atoms with van der Waals surface area (Å²) in [6, 6.07) is 4.42. The summed E-state index contributed by atoms with van der Waals surface area (Å²) in [5.74, 6) is -1.36. The molecule has 5 nitrogen and oxygen atoms in total. The Kier molecular flexibility index (Phi) is 3.91. The largest absolute Gasteiger partial charge is 0.478 e. The van der Waals surface area contributed by atoms with Crippen LogP contribution in [0.15, 0.2) is 22.7 Å². The molecule has 1 saturated heterocycles. The number of hydrogen-bond donors (Lipinski definition) is 2. The van der Waals surface area contributed by atoms with Crippen LogP contribution in [-0.2, 0) is 4.74 Å². The first kappa shape index (κ1) is 14.0. The number of aromatic carboxylic acids is 1. The summed E-state index contributed by atoms with van der Waals surface area (Å²) in [5.41, 5.74) is 0.00948. The van der Waals surface area contributed by atoms with Gasteiger partial charge in [0.2, 0.25) is 0 Å². The normalized spacial score (nSPS) is 22.2. The van der Waals surface area contributed by atoms with E-state index >= 15 is 0 Å². The van der Waals surface area contributed by atoms with E-state index in [2.05, 4.69) is 21.2 Å². The predicted molar refractivity (Wildman–Crippen MR) is 72.4 cm³/mol. The molecule has 1 aromatic carbocycles. The van der Waals surface area contributed by atoms with Gasteiger partial charge in [-0.1, -0.05) is 15.9 Å². The molecule has 1 aromatic rings. The van der Waals surface area contributed by atoms with Gasteiger partial charge in [0.1, 0.15) is 0 Å². The molecule has 1 amide bonds. The highest BCUT2D eigenvalue weighted by Gasteiger charge is 2.31. The smallest absolute Gasteiger partial charge is 0.335 e. The SMILES string of the molecule is CC1(NC(=O)c2cc(Br)cc(C(=O)O)c2)CCOC1. The number of carboxylic acids is 1. The van der Waals surface area contributed by atoms with Gasteiger partial charge in [-0.25, -0.2) is 4.79 Å². The molecule has 102 valence electrons. The monoisotopic (exact) mass is 327 g/mol. The number of amides is 1. The molecule has 1 heterocycles. The fraction of sp³-hybridized carbons (Fsp3) is 0.385. The van der Waals surface area contributed by atoms with Crippen molar-refractivity contribution in [2.45, 2.75) is 18.9 Å². The van der Waals surface area contributed by atoms with Crippen molar-refractivity contribution in [3.8, 4) is 0 Å². The average Bonchev–Trinajstić information content (AvgIpc) is 2.74. The topological polar surface area (TPSA) is 75.6 Å². The second-order valence-corrected chi connectivity index (χ2v) is 5.77. The van der Waals surface area contributed by atoms with Crippen molar-refractivity contribution in [2.24, 2.45) is 0 Å². The zero-order valence-electron chi connectivity index (χ0n) is 10.4. The molecule has 0 radical (unpaired) electrons. The maximum Gasteiger partial charge on any atom is 0.335 e. The molecule has 0 saturated carbocycles. The van der Waals surface area contributed by atoms with E-state index in [1.54, 1.807) is 6.07 Å². The molecule has 2 N–H and O–H groups in total. The summed E-state index contributed by atoms with van der Waals surface area (Å²) in [6.45, 7) is 3.00. The molecule has 0 bridgehead atoms. The molecule has 6 heteroatoms. The average molecular weight is 328 g/mol. The molecule has 1 atom stereocenters. The van der Waals surface area contributed by atoms with Crippen LogP contribution in [0.4, 0.5) is 0 Å². The van der Waals surface area contributed by atoms with Crippen molar-refractivity contribution in [3.05, 3.63) is 33.8 Å². The highest BCUT2D eigenvalue weighted by molar-refractivity contribution is 9.10. The lowest BCUT2D eigenvalue weighted by atomic mass is 10.0. The fourth-order valence-electron chi connectivity index (χ4n) is 1.96. The van der Waals surface area contributed by atoms with Crippen molar-refractivity contribution in [1.82, 2.24) is 5.32 Å². The number of carbonyl (C=O) groups excluding carboxylic acids is 1. The first-order valence-corrected chi connectivity index (χ1v) is 6.63. The maximum atomic E-state index is 12.2. The lowest BCUT2D eigenvalue weighted by Crippen LogP contribution is -2.46. The van der Waals surface area contributed by atoms with E-state index in [0.717, 1.165) is 6.42 Å². The third-order valence-corrected chi connectivity index (χ3v) is 3.50. The molecule has 19 heavy (non-hydrogen) atoms. The Hall–Kier alpha value is -1.40. The van der Waals surface area contributed by atoms with Crippen molar-refractivity contribution >= 4 is 27.8 Å². The molecular formula is C13H14BrNO4. The molecule has 0 aliphatic carbocycles. The molecule has 1 aliphatic rings. The Morgan fingerprint density at radius 1 is 1.37 bits per heavy atom. The first-order valence-electron chi connectivity index (χ1n) is 5.84. The molecular weight excluding hydrogens is 314 g/mol. The summed E-state index contributed by atoms with van der Waals surface area (Å²) >= 11 is 3.21. The zero-order chi connectivity index (χ0) is 14.0. The van der Waals surface area contributed by atoms with E-state index in [1.165, 1.54) is 12.1 Å². The van der Waals surface area contributed by atoms with Gasteiger partial charge in [0.15, 0.2) is 0 Å². The van der Waals surface area contributed by atoms with Crippen LogP contribution in [0.25, 0.3) is 0 Å². The Morgan fingerprint density at radius 3 is 2.63 bits per heavy atom. The lowest BCUT2D eigenvalue weighted by Gasteiger charge is -2.23. The van der Waals surface area contributed by atoms with Gasteiger partial charge in [0, 0.05) is 16.6 Å². The van der Waals surface area contributed by atoms with Crippen LogP contribution in [0.2, 0.25) is 0 Å². The Bertz CT molecular complexity index is 523. The van der Waals surface area contributed by atoms with Gasteiger partial charge in [-0.05, 0) is 31.5 Å². The van der Waals surface area contributed by atoms with Crippen molar-refractivity contribution in [1.29, 1.82) is 0 Å². The molecule has 0 spiro atoms. The zero-order valence-corrected chi connectivity index (χ0v) is 12.0. The summed E-state index contributed by atoms with van der Waals surface area (Å²) in [5, 5.41) is 11.9. The number of carboxylic acid groups (broad SMARTS) is 1. The number of rotatable bonds is 3. The molecule has 0 aromatic heterocycles. The summed E-state index contributed by atoms with van der Waals surface area (Å²) in [7, 11) is 0. The Labute approximate surface area is 119 Å². The minimum atomic E-state index is -1.06. The minimum absolute atomic E-state index is 0.0763.